The molecule has 0 fully saturated rings. The highest BCUT2D eigenvalue weighted by Gasteiger charge is 2.59. The Bertz CT molecular complexity index is 3080. The zero-order valence-electron chi connectivity index (χ0n) is 44.6. The summed E-state index contributed by atoms with van der Waals surface area (Å²) in [5, 5.41) is 54.5. The summed E-state index contributed by atoms with van der Waals surface area (Å²) in [5.74, 6) is 0. The number of fused-ring (bicyclic) bond motifs is 9. The molecule has 9 aromatic rings. The normalized spacial score (nSPS) is 18.8. The number of benzene rings is 9. The molecule has 78 heavy (non-hydrogen) atoms. The maximum absolute atomic E-state index is 5.75. The van der Waals surface area contributed by atoms with E-state index in [-0.39, 0.29) is 0 Å². The maximum atomic E-state index is 5.75. The smallest absolute Gasteiger partial charge is 0.127 e. The summed E-state index contributed by atoms with van der Waals surface area (Å²) < 4.78 is 0. The molecule has 0 unspecified atom stereocenters. The van der Waals surface area contributed by atoms with Crippen LogP contribution >= 0.6 is 22.2 Å². The van der Waals surface area contributed by atoms with Crippen molar-refractivity contribution in [2.45, 2.75) is 47.3 Å². The van der Waals surface area contributed by atoms with Crippen LogP contribution in [0.1, 0.15) is 40.3 Å². The van der Waals surface area contributed by atoms with Crippen molar-refractivity contribution in [3.63, 3.8) is 0 Å². The topological polar surface area (TPSA) is 120 Å². The van der Waals surface area contributed by atoms with Crippen molar-refractivity contribution in [3.05, 3.63) is 286 Å². The third-order valence-electron chi connectivity index (χ3n) is 15.0. The van der Waals surface area contributed by atoms with E-state index in [4.69, 9.17) is 46.6 Å². The van der Waals surface area contributed by atoms with Gasteiger partial charge in [-0.15, -0.1) is 0 Å². The summed E-state index contributed by atoms with van der Waals surface area (Å²) in [6, 6.07) is 84.4. The van der Waals surface area contributed by atoms with Gasteiger partial charge in [0.15, 0.2) is 0 Å². The largest absolute Gasteiger partial charge is 0.348 e. The average Bonchev–Trinajstić information content (AvgIpc) is 3.54. The molecule has 388 valence electrons. The minimum Gasteiger partial charge on any atom is -0.348 e. The van der Waals surface area contributed by atoms with Gasteiger partial charge in [0.05, 0.1) is 23.9 Å². The molecule has 0 atom stereocenters. The molecule has 0 spiro atoms. The van der Waals surface area contributed by atoms with Gasteiger partial charge in [-0.2, -0.15) is 0 Å². The molecule has 13 heteroatoms. The zero-order valence-corrected chi connectivity index (χ0v) is 47.3. The Hall–Kier alpha value is -7.57. The standard InChI is InChI=1S/C65H63N10P3/c1-50-35-38-53-41-62(50)66-69-72-76(56-23-11-5-12-24-56,57-25-13-6-14-26-57)47-65(4)48-77(58-27-15-7-16-28-58,59-29-17-8-18-30-59)73-70-67-63-42-54(39-36-51(63)2)45-75(44-53)46-55-40-37-52(3)64(43-55)68-71-74-78(49-65,60-31-19-9-20-32-60)61-33-21-10-22-34-61/h5-43H,44-49H2,1-4H3. The van der Waals surface area contributed by atoms with Crippen LogP contribution in [0.25, 0.3) is 15.6 Å². The van der Waals surface area contributed by atoms with Crippen LogP contribution in [0, 0.1) is 26.2 Å². The van der Waals surface area contributed by atoms with E-state index in [2.05, 4.69) is 269 Å². The predicted molar refractivity (Wildman–Crippen MR) is 330 cm³/mol. The van der Waals surface area contributed by atoms with Crippen molar-refractivity contribution in [2.24, 2.45) is 36.4 Å². The molecule has 0 aliphatic carbocycles. The zero-order chi connectivity index (χ0) is 53.4. The van der Waals surface area contributed by atoms with E-state index in [9.17, 15) is 0 Å². The molecule has 3 heterocycles. The summed E-state index contributed by atoms with van der Waals surface area (Å²) in [7, 11) is -8.98. The highest BCUT2D eigenvalue weighted by molar-refractivity contribution is 7.93. The van der Waals surface area contributed by atoms with Gasteiger partial charge in [-0.05, 0) is 151 Å². The summed E-state index contributed by atoms with van der Waals surface area (Å²) in [4.78, 5) is 2.45. The molecule has 0 saturated carbocycles. The molecule has 12 rings (SSSR count). The number of rotatable bonds is 6. The van der Waals surface area contributed by atoms with Crippen LogP contribution in [-0.4, -0.2) is 23.4 Å². The van der Waals surface area contributed by atoms with Gasteiger partial charge in [-0.3, -0.25) is 4.90 Å². The minimum atomic E-state index is -2.99. The van der Waals surface area contributed by atoms with E-state index in [0.717, 1.165) is 82.3 Å². The van der Waals surface area contributed by atoms with E-state index in [1.165, 1.54) is 0 Å². The molecule has 0 radical (unpaired) electrons. The van der Waals surface area contributed by atoms with E-state index in [1.54, 1.807) is 0 Å². The van der Waals surface area contributed by atoms with Gasteiger partial charge in [0.1, 0.15) is 54.1 Å². The molecule has 0 amide bonds. The van der Waals surface area contributed by atoms with E-state index in [1.807, 2.05) is 0 Å². The Balaban J connectivity index is 1.27. The molecule has 0 N–H and O–H groups in total. The summed E-state index contributed by atoms with van der Waals surface area (Å²) in [5.41, 5.74) is 8.04. The Labute approximate surface area is 461 Å². The van der Waals surface area contributed by atoms with Gasteiger partial charge in [-0.1, -0.05) is 164 Å². The van der Waals surface area contributed by atoms with Crippen molar-refractivity contribution in [1.29, 1.82) is 0 Å². The van der Waals surface area contributed by atoms with Gasteiger partial charge in [0.2, 0.25) is 0 Å². The van der Waals surface area contributed by atoms with Crippen molar-refractivity contribution in [3.8, 4) is 0 Å². The van der Waals surface area contributed by atoms with Crippen molar-refractivity contribution in [1.82, 2.24) is 4.90 Å². The van der Waals surface area contributed by atoms with Gasteiger partial charge >= 0.3 is 0 Å². The van der Waals surface area contributed by atoms with Crippen LogP contribution in [-0.2, 0) is 19.6 Å². The van der Waals surface area contributed by atoms with Gasteiger partial charge in [0, 0.05) is 19.6 Å². The van der Waals surface area contributed by atoms with E-state index in [0.29, 0.717) is 38.1 Å². The summed E-state index contributed by atoms with van der Waals surface area (Å²) in [6.07, 6.45) is 1.68. The second kappa shape index (κ2) is 23.2. The fourth-order valence-corrected chi connectivity index (χ4v) is 23.0. The van der Waals surface area contributed by atoms with Crippen LogP contribution in [0.5, 0.6) is 0 Å². The van der Waals surface area contributed by atoms with Crippen LogP contribution in [0.15, 0.2) is 268 Å². The Morgan fingerprint density at radius 3 is 0.795 bits per heavy atom. The van der Waals surface area contributed by atoms with Gasteiger partial charge in [-0.25, -0.2) is 31.3 Å². The summed E-state index contributed by atoms with van der Waals surface area (Å²) in [6.45, 7) is 10.6. The molecule has 10 nitrogen and oxygen atoms in total. The predicted octanol–water partition coefficient (Wildman–Crippen LogP) is 16.7. The lowest BCUT2D eigenvalue weighted by Crippen LogP contribution is -2.43. The van der Waals surface area contributed by atoms with Crippen molar-refractivity contribution >= 4 is 71.1 Å². The highest BCUT2D eigenvalue weighted by atomic mass is 31.2. The lowest BCUT2D eigenvalue weighted by molar-refractivity contribution is 0.248. The fourth-order valence-electron chi connectivity index (χ4n) is 11.2. The van der Waals surface area contributed by atoms with Crippen LogP contribution < -0.4 is 31.8 Å². The molecule has 3 aliphatic rings. The first kappa shape index (κ1) is 52.5. The van der Waals surface area contributed by atoms with Gasteiger partial charge < -0.3 is 15.3 Å². The molecular formula is C65H63N10P3. The van der Waals surface area contributed by atoms with Crippen LogP contribution in [0.2, 0.25) is 0 Å². The molecule has 0 saturated heterocycles. The summed E-state index contributed by atoms with van der Waals surface area (Å²) >= 11 is 0. The SMILES string of the molecule is Cc1ccc2cc1N=N[N-][P+](c1ccccc1)(c1ccccc1)CC1(C)C[P+](c3ccccc3)(c3ccccc3)[N-]N=Nc3cc(ccc3C)CN(C2)Cc2ccc(C)c(c2)N=N[N-][P+](c2ccccc2)(c2ccccc2)C1. The quantitative estimate of drug-likeness (QED) is 0.151. The molecule has 8 bridgehead atoms. The third kappa shape index (κ3) is 11.2. The number of nitrogens with zero attached hydrogens (tertiary/aromatic N) is 10. The first-order valence-corrected chi connectivity index (χ1v) is 32.3. The minimum absolute atomic E-state index is 0.561. The number of hydrogen-bond acceptors (Lipinski definition) is 7. The first-order valence-electron chi connectivity index (χ1n) is 26.5. The van der Waals surface area contributed by atoms with Crippen LogP contribution in [0.3, 0.4) is 0 Å². The number of aryl methyl sites for hydroxylation is 3. The third-order valence-corrected chi connectivity index (χ3v) is 26.7. The van der Waals surface area contributed by atoms with E-state index >= 15 is 0 Å². The lowest BCUT2D eigenvalue weighted by Gasteiger charge is -2.44. The van der Waals surface area contributed by atoms with Crippen molar-refractivity contribution < 1.29 is 0 Å². The molecule has 9 aromatic carbocycles. The monoisotopic (exact) mass is 1080 g/mol. The second-order valence-electron chi connectivity index (χ2n) is 21.0. The van der Waals surface area contributed by atoms with Crippen molar-refractivity contribution in [2.75, 3.05) is 18.5 Å². The Kier molecular flexibility index (Phi) is 15.6. The highest BCUT2D eigenvalue weighted by Crippen LogP contribution is 2.75. The molecular weight excluding hydrogens is 1010 g/mol. The average molecular weight is 1080 g/mol. The lowest BCUT2D eigenvalue weighted by atomic mass is 9.99. The number of hydrogen-bond donors (Lipinski definition) is 0. The fraction of sp³-hybridized carbons (Fsp3) is 0.169. The first-order chi connectivity index (χ1) is 38.1. The van der Waals surface area contributed by atoms with Crippen LogP contribution in [0.4, 0.5) is 17.1 Å². The van der Waals surface area contributed by atoms with E-state index < -0.39 is 27.7 Å². The Morgan fingerprint density at radius 2 is 0.564 bits per heavy atom. The van der Waals surface area contributed by atoms with Gasteiger partial charge in [0.25, 0.3) is 0 Å². The maximum Gasteiger partial charge on any atom is 0.127 e. The Morgan fingerprint density at radius 1 is 0.333 bits per heavy atom. The molecule has 0 aromatic heterocycles. The second-order valence-corrected chi connectivity index (χ2v) is 30.2. The molecule has 3 aliphatic heterocycles.